The van der Waals surface area contributed by atoms with Crippen molar-refractivity contribution in [3.05, 3.63) is 0 Å². The Hall–Kier alpha value is -0.610. The van der Waals surface area contributed by atoms with Crippen molar-refractivity contribution in [1.29, 1.82) is 0 Å². The van der Waals surface area contributed by atoms with Crippen LogP contribution >= 0.6 is 0 Å². The Balaban J connectivity index is 2.15. The van der Waals surface area contributed by atoms with Gasteiger partial charge in [-0.3, -0.25) is 4.79 Å². The van der Waals surface area contributed by atoms with Crippen molar-refractivity contribution in [3.8, 4) is 0 Å². The molecule has 4 nitrogen and oxygen atoms in total. The van der Waals surface area contributed by atoms with E-state index in [1.807, 2.05) is 0 Å². The molecule has 4 heteroatoms. The van der Waals surface area contributed by atoms with Gasteiger partial charge in [0.15, 0.2) is 0 Å². The maximum Gasteiger partial charge on any atom is 0.308 e. The minimum Gasteiger partial charge on any atom is -0.469 e. The van der Waals surface area contributed by atoms with Crippen LogP contribution in [0.4, 0.5) is 0 Å². The van der Waals surface area contributed by atoms with Crippen molar-refractivity contribution in [1.82, 2.24) is 0 Å². The standard InChI is InChI=1S/C11H20O4/c1-14-11(13)9-3-5-10(6-4-9)15-8-2-7-12/h9-10,12H,2-8H2,1H3. The summed E-state index contributed by atoms with van der Waals surface area (Å²) in [4.78, 5) is 11.2. The van der Waals surface area contributed by atoms with Crippen molar-refractivity contribution in [3.63, 3.8) is 0 Å². The molecule has 0 radical (unpaired) electrons. The summed E-state index contributed by atoms with van der Waals surface area (Å²) in [6.45, 7) is 0.793. The predicted molar refractivity (Wildman–Crippen MR) is 55.4 cm³/mol. The first-order valence-electron chi connectivity index (χ1n) is 5.58. The van der Waals surface area contributed by atoms with Crippen molar-refractivity contribution < 1.29 is 19.4 Å². The molecule has 0 aromatic rings. The summed E-state index contributed by atoms with van der Waals surface area (Å²) >= 11 is 0. The van der Waals surface area contributed by atoms with Gasteiger partial charge in [0.05, 0.1) is 19.1 Å². The molecule has 88 valence electrons. The van der Waals surface area contributed by atoms with Crippen LogP contribution in [0.2, 0.25) is 0 Å². The first-order valence-corrected chi connectivity index (χ1v) is 5.58. The molecule has 0 unspecified atom stereocenters. The highest BCUT2D eigenvalue weighted by Gasteiger charge is 2.26. The van der Waals surface area contributed by atoms with Crippen molar-refractivity contribution in [2.45, 2.75) is 38.2 Å². The molecule has 0 amide bonds. The molecule has 0 heterocycles. The van der Waals surface area contributed by atoms with Crippen molar-refractivity contribution >= 4 is 5.97 Å². The van der Waals surface area contributed by atoms with Gasteiger partial charge in [0.1, 0.15) is 0 Å². The monoisotopic (exact) mass is 216 g/mol. The summed E-state index contributed by atoms with van der Waals surface area (Å²) in [5, 5.41) is 8.60. The number of esters is 1. The van der Waals surface area contributed by atoms with Crippen LogP contribution in [0.1, 0.15) is 32.1 Å². The molecule has 0 aliphatic heterocycles. The second-order valence-electron chi connectivity index (χ2n) is 3.94. The van der Waals surface area contributed by atoms with E-state index in [4.69, 9.17) is 14.6 Å². The third kappa shape index (κ3) is 4.18. The largest absolute Gasteiger partial charge is 0.469 e. The quantitative estimate of drug-likeness (QED) is 0.552. The zero-order valence-electron chi connectivity index (χ0n) is 9.28. The van der Waals surface area contributed by atoms with Gasteiger partial charge in [-0.2, -0.15) is 0 Å². The smallest absolute Gasteiger partial charge is 0.308 e. The predicted octanol–water partition coefficient (Wildman–Crippen LogP) is 1.12. The molecule has 0 aromatic heterocycles. The average molecular weight is 216 g/mol. The molecule has 1 saturated carbocycles. The SMILES string of the molecule is COC(=O)C1CCC(OCCCO)CC1. The first kappa shape index (κ1) is 12.5. The van der Waals surface area contributed by atoms with E-state index < -0.39 is 0 Å². The van der Waals surface area contributed by atoms with Gasteiger partial charge in [-0.15, -0.1) is 0 Å². The van der Waals surface area contributed by atoms with Crippen LogP contribution in [0.25, 0.3) is 0 Å². The summed E-state index contributed by atoms with van der Waals surface area (Å²) in [6.07, 6.45) is 4.51. The lowest BCUT2D eigenvalue weighted by Crippen LogP contribution is -2.27. The van der Waals surface area contributed by atoms with E-state index in [1.54, 1.807) is 0 Å². The normalized spacial score (nSPS) is 26.3. The molecule has 1 aliphatic rings. The van der Waals surface area contributed by atoms with E-state index in [-0.39, 0.29) is 24.6 Å². The molecule has 15 heavy (non-hydrogen) atoms. The number of hydrogen-bond donors (Lipinski definition) is 1. The fourth-order valence-corrected chi connectivity index (χ4v) is 1.95. The molecule has 0 spiro atoms. The van der Waals surface area contributed by atoms with Gasteiger partial charge in [-0.1, -0.05) is 0 Å². The Kier molecular flexibility index (Phi) is 5.65. The van der Waals surface area contributed by atoms with E-state index in [9.17, 15) is 4.79 Å². The molecule has 0 bridgehead atoms. The first-order chi connectivity index (χ1) is 7.27. The van der Waals surface area contributed by atoms with Gasteiger partial charge in [0.2, 0.25) is 0 Å². The zero-order chi connectivity index (χ0) is 11.1. The number of carbonyl (C=O) groups excluding carboxylic acids is 1. The molecule has 0 aromatic carbocycles. The van der Waals surface area contributed by atoms with Crippen molar-refractivity contribution in [2.24, 2.45) is 5.92 Å². The van der Waals surface area contributed by atoms with Gasteiger partial charge in [0.25, 0.3) is 0 Å². The van der Waals surface area contributed by atoms with Gasteiger partial charge >= 0.3 is 5.97 Å². The molecule has 1 fully saturated rings. The number of carbonyl (C=O) groups is 1. The van der Waals surface area contributed by atoms with E-state index in [1.165, 1.54) is 7.11 Å². The summed E-state index contributed by atoms with van der Waals surface area (Å²) in [5.74, 6) is -0.0310. The topological polar surface area (TPSA) is 55.8 Å². The molecule has 0 saturated heterocycles. The van der Waals surface area contributed by atoms with E-state index in [0.29, 0.717) is 13.0 Å². The highest BCUT2D eigenvalue weighted by molar-refractivity contribution is 5.72. The summed E-state index contributed by atoms with van der Waals surface area (Å²) in [7, 11) is 1.44. The summed E-state index contributed by atoms with van der Waals surface area (Å²) < 4.78 is 10.3. The summed E-state index contributed by atoms with van der Waals surface area (Å²) in [6, 6.07) is 0. The average Bonchev–Trinajstić information content (AvgIpc) is 2.29. The van der Waals surface area contributed by atoms with Gasteiger partial charge in [0, 0.05) is 13.2 Å². The summed E-state index contributed by atoms with van der Waals surface area (Å²) in [5.41, 5.74) is 0. The van der Waals surface area contributed by atoms with Gasteiger partial charge in [-0.05, 0) is 32.1 Å². The number of rotatable bonds is 5. The second-order valence-corrected chi connectivity index (χ2v) is 3.94. The molecule has 0 atom stereocenters. The lowest BCUT2D eigenvalue weighted by atomic mass is 9.87. The molecular weight excluding hydrogens is 196 g/mol. The molecular formula is C11H20O4. The minimum atomic E-state index is -0.0937. The fourth-order valence-electron chi connectivity index (χ4n) is 1.95. The van der Waals surface area contributed by atoms with E-state index in [2.05, 4.69) is 0 Å². The van der Waals surface area contributed by atoms with Crippen LogP contribution < -0.4 is 0 Å². The Bertz CT molecular complexity index is 185. The highest BCUT2D eigenvalue weighted by Crippen LogP contribution is 2.26. The lowest BCUT2D eigenvalue weighted by Gasteiger charge is -2.26. The van der Waals surface area contributed by atoms with Gasteiger partial charge < -0.3 is 14.6 Å². The van der Waals surface area contributed by atoms with Crippen LogP contribution in [0.5, 0.6) is 0 Å². The number of methoxy groups -OCH3 is 1. The van der Waals surface area contributed by atoms with Crippen LogP contribution in [-0.4, -0.2) is 37.5 Å². The Morgan fingerprint density at radius 1 is 1.33 bits per heavy atom. The Labute approximate surface area is 90.6 Å². The third-order valence-electron chi connectivity index (χ3n) is 2.86. The Morgan fingerprint density at radius 2 is 2.00 bits per heavy atom. The zero-order valence-corrected chi connectivity index (χ0v) is 9.28. The number of aliphatic hydroxyl groups is 1. The highest BCUT2D eigenvalue weighted by atomic mass is 16.5. The third-order valence-corrected chi connectivity index (χ3v) is 2.86. The number of ether oxygens (including phenoxy) is 2. The van der Waals surface area contributed by atoms with Crippen molar-refractivity contribution in [2.75, 3.05) is 20.3 Å². The maximum atomic E-state index is 11.2. The second kappa shape index (κ2) is 6.80. The molecule has 1 N–H and O–H groups in total. The van der Waals surface area contributed by atoms with Crippen LogP contribution in [0, 0.1) is 5.92 Å². The minimum absolute atomic E-state index is 0.0627. The maximum absolute atomic E-state index is 11.2. The fraction of sp³-hybridized carbons (Fsp3) is 0.909. The van der Waals surface area contributed by atoms with Crippen LogP contribution in [-0.2, 0) is 14.3 Å². The van der Waals surface area contributed by atoms with E-state index >= 15 is 0 Å². The molecule has 1 rings (SSSR count). The number of hydrogen-bond acceptors (Lipinski definition) is 4. The van der Waals surface area contributed by atoms with Crippen LogP contribution in [0.15, 0.2) is 0 Å². The van der Waals surface area contributed by atoms with Crippen LogP contribution in [0.3, 0.4) is 0 Å². The number of aliphatic hydroxyl groups excluding tert-OH is 1. The van der Waals surface area contributed by atoms with Gasteiger partial charge in [-0.25, -0.2) is 0 Å². The molecule has 1 aliphatic carbocycles. The Morgan fingerprint density at radius 3 is 2.53 bits per heavy atom. The lowest BCUT2D eigenvalue weighted by molar-refractivity contribution is -0.147. The van der Waals surface area contributed by atoms with E-state index in [0.717, 1.165) is 25.7 Å².